The summed E-state index contributed by atoms with van der Waals surface area (Å²) in [6.45, 7) is 1.61. The third kappa shape index (κ3) is 5.13. The third-order valence-electron chi connectivity index (χ3n) is 4.67. The lowest BCUT2D eigenvalue weighted by atomic mass is 9.90. The highest BCUT2D eigenvalue weighted by molar-refractivity contribution is 6.31. The topological polar surface area (TPSA) is 46.2 Å². The van der Waals surface area contributed by atoms with Crippen LogP contribution in [0.15, 0.2) is 78.4 Å². The van der Waals surface area contributed by atoms with Crippen LogP contribution in [0.1, 0.15) is 23.6 Å². The van der Waals surface area contributed by atoms with E-state index in [0.29, 0.717) is 33.8 Å². The van der Waals surface area contributed by atoms with Crippen molar-refractivity contribution in [2.75, 3.05) is 5.32 Å². The highest BCUT2D eigenvalue weighted by atomic mass is 35.5. The number of carbonyl (C=O) groups is 2. The van der Waals surface area contributed by atoms with Gasteiger partial charge in [0.2, 0.25) is 6.41 Å². The second-order valence-electron chi connectivity index (χ2n) is 6.65. The van der Waals surface area contributed by atoms with E-state index in [9.17, 15) is 18.4 Å². The molecule has 0 heterocycles. The van der Waals surface area contributed by atoms with Crippen molar-refractivity contribution in [3.8, 4) is 0 Å². The summed E-state index contributed by atoms with van der Waals surface area (Å²) in [6.07, 6.45) is 2.77. The highest BCUT2D eigenvalue weighted by Crippen LogP contribution is 2.34. The average molecular weight is 438 g/mol. The molecule has 3 rings (SSSR count). The maximum Gasteiger partial charge on any atom is 0.211 e. The van der Waals surface area contributed by atoms with Gasteiger partial charge in [0.1, 0.15) is 11.6 Å². The molecule has 3 aromatic rings. The zero-order valence-electron chi connectivity index (χ0n) is 16.5. The lowest BCUT2D eigenvalue weighted by Gasteiger charge is -2.16. The molecule has 0 aromatic heterocycles. The maximum atomic E-state index is 13.9. The molecule has 0 fully saturated rings. The number of amides is 1. The normalized spacial score (nSPS) is 11.9. The first kappa shape index (κ1) is 22.1. The van der Waals surface area contributed by atoms with Gasteiger partial charge in [-0.2, -0.15) is 0 Å². The minimum atomic E-state index is -0.763. The van der Waals surface area contributed by atoms with Gasteiger partial charge in [-0.3, -0.25) is 9.59 Å². The molecule has 0 bridgehead atoms. The van der Waals surface area contributed by atoms with Crippen molar-refractivity contribution in [1.82, 2.24) is 0 Å². The highest BCUT2D eigenvalue weighted by Gasteiger charge is 2.17. The molecule has 0 spiro atoms. The van der Waals surface area contributed by atoms with E-state index in [4.69, 9.17) is 11.6 Å². The van der Waals surface area contributed by atoms with Crippen LogP contribution >= 0.6 is 11.6 Å². The lowest BCUT2D eigenvalue weighted by Crippen LogP contribution is -2.05. The van der Waals surface area contributed by atoms with Gasteiger partial charge in [0, 0.05) is 27.4 Å². The number of hydrogen-bond donors (Lipinski definition) is 1. The standard InChI is InChI=1S/C25H18ClF2NO2/c1-16(24(31)13-11-19-21(27)8-5-9-22(19)28)25(17-6-3-2-4-7-17)20-14-18(26)10-12-23(20)29-15-30/h2-15H,1H3,(H,29,30)/b13-11+,25-16+. The molecule has 156 valence electrons. The van der Waals surface area contributed by atoms with Gasteiger partial charge in [0.15, 0.2) is 5.78 Å². The summed E-state index contributed by atoms with van der Waals surface area (Å²) >= 11 is 6.19. The van der Waals surface area contributed by atoms with Gasteiger partial charge in [-0.15, -0.1) is 0 Å². The smallest absolute Gasteiger partial charge is 0.211 e. The molecule has 1 amide bonds. The zero-order chi connectivity index (χ0) is 22.4. The molecule has 0 atom stereocenters. The summed E-state index contributed by atoms with van der Waals surface area (Å²) in [4.78, 5) is 24.1. The van der Waals surface area contributed by atoms with Crippen LogP contribution in [0.25, 0.3) is 11.6 Å². The van der Waals surface area contributed by atoms with Gasteiger partial charge in [-0.1, -0.05) is 48.0 Å². The van der Waals surface area contributed by atoms with Crippen LogP contribution in [0.3, 0.4) is 0 Å². The molecule has 31 heavy (non-hydrogen) atoms. The molecule has 0 radical (unpaired) electrons. The fourth-order valence-electron chi connectivity index (χ4n) is 3.17. The first-order chi connectivity index (χ1) is 14.9. The Bertz CT molecular complexity index is 1170. The third-order valence-corrected chi connectivity index (χ3v) is 4.91. The Morgan fingerprint density at radius 3 is 2.29 bits per heavy atom. The number of anilines is 1. The number of nitrogens with one attached hydrogen (secondary N) is 1. The van der Waals surface area contributed by atoms with Crippen LogP contribution in [0.5, 0.6) is 0 Å². The number of halogens is 3. The number of hydrogen-bond acceptors (Lipinski definition) is 2. The van der Waals surface area contributed by atoms with Gasteiger partial charge in [0.05, 0.1) is 0 Å². The summed E-state index contributed by atoms with van der Waals surface area (Å²) in [6, 6.07) is 17.5. The van der Waals surface area contributed by atoms with Crippen LogP contribution in [0, 0.1) is 11.6 Å². The van der Waals surface area contributed by atoms with E-state index in [1.54, 1.807) is 25.1 Å². The van der Waals surface area contributed by atoms with Crippen molar-refractivity contribution >= 4 is 41.1 Å². The minimum absolute atomic E-state index is 0.295. The van der Waals surface area contributed by atoms with E-state index in [1.165, 1.54) is 6.07 Å². The summed E-state index contributed by atoms with van der Waals surface area (Å²) in [5.41, 5.74) is 2.29. The fourth-order valence-corrected chi connectivity index (χ4v) is 3.34. The van der Waals surface area contributed by atoms with Crippen molar-refractivity contribution in [3.63, 3.8) is 0 Å². The van der Waals surface area contributed by atoms with Crippen molar-refractivity contribution in [2.24, 2.45) is 0 Å². The van der Waals surface area contributed by atoms with Crippen LogP contribution in [0.2, 0.25) is 5.02 Å². The van der Waals surface area contributed by atoms with Crippen LogP contribution in [0.4, 0.5) is 14.5 Å². The number of carbonyl (C=O) groups excluding carboxylic acids is 2. The Kier molecular flexibility index (Phi) is 7.11. The van der Waals surface area contributed by atoms with Gasteiger partial charge < -0.3 is 5.32 Å². The number of ketones is 1. The summed E-state index contributed by atoms with van der Waals surface area (Å²) in [5.74, 6) is -1.97. The van der Waals surface area contributed by atoms with Crippen LogP contribution < -0.4 is 5.32 Å². The van der Waals surface area contributed by atoms with E-state index in [2.05, 4.69) is 5.32 Å². The quantitative estimate of drug-likeness (QED) is 0.348. The second kappa shape index (κ2) is 9.96. The average Bonchev–Trinajstić information content (AvgIpc) is 2.76. The molecule has 0 saturated carbocycles. The van der Waals surface area contributed by atoms with E-state index in [1.807, 2.05) is 30.3 Å². The predicted molar refractivity (Wildman–Crippen MR) is 120 cm³/mol. The summed E-state index contributed by atoms with van der Waals surface area (Å²) in [7, 11) is 0. The van der Waals surface area contributed by atoms with Crippen molar-refractivity contribution in [3.05, 3.63) is 112 Å². The Morgan fingerprint density at radius 1 is 0.968 bits per heavy atom. The van der Waals surface area contributed by atoms with E-state index >= 15 is 0 Å². The number of allylic oxidation sites excluding steroid dienone is 2. The molecule has 3 nitrogen and oxygen atoms in total. The molecule has 1 N–H and O–H groups in total. The van der Waals surface area contributed by atoms with Gasteiger partial charge in [-0.05, 0) is 60.5 Å². The van der Waals surface area contributed by atoms with E-state index < -0.39 is 17.4 Å². The van der Waals surface area contributed by atoms with E-state index in [0.717, 1.165) is 29.8 Å². The van der Waals surface area contributed by atoms with Crippen molar-refractivity contribution < 1.29 is 18.4 Å². The molecular formula is C25H18ClF2NO2. The number of benzene rings is 3. The van der Waals surface area contributed by atoms with Crippen molar-refractivity contribution in [2.45, 2.75) is 6.92 Å². The molecule has 0 aliphatic rings. The Morgan fingerprint density at radius 2 is 1.65 bits per heavy atom. The van der Waals surface area contributed by atoms with Crippen LogP contribution in [-0.2, 0) is 9.59 Å². The largest absolute Gasteiger partial charge is 0.328 e. The molecule has 0 saturated heterocycles. The fraction of sp³-hybridized carbons (Fsp3) is 0.0400. The van der Waals surface area contributed by atoms with E-state index in [-0.39, 0.29) is 5.56 Å². The summed E-state index contributed by atoms with van der Waals surface area (Å²) < 4.78 is 27.8. The Hall–Kier alpha value is -3.57. The Balaban J connectivity index is 2.15. The zero-order valence-corrected chi connectivity index (χ0v) is 17.3. The SMILES string of the molecule is C/C(C(=O)/C=C/c1c(F)cccc1F)=C(/c1ccccc1)c1cc(Cl)ccc1NC=O. The molecular weight excluding hydrogens is 420 g/mol. The molecule has 0 aliphatic heterocycles. The minimum Gasteiger partial charge on any atom is -0.328 e. The molecule has 6 heteroatoms. The summed E-state index contributed by atoms with van der Waals surface area (Å²) in [5, 5.41) is 3.04. The molecule has 3 aromatic carbocycles. The molecule has 0 aliphatic carbocycles. The molecule has 0 unspecified atom stereocenters. The van der Waals surface area contributed by atoms with Gasteiger partial charge in [0.25, 0.3) is 0 Å². The van der Waals surface area contributed by atoms with Crippen LogP contribution in [-0.4, -0.2) is 12.2 Å². The second-order valence-corrected chi connectivity index (χ2v) is 7.09. The predicted octanol–water partition coefficient (Wildman–Crippen LogP) is 6.29. The Labute approximate surface area is 183 Å². The maximum absolute atomic E-state index is 13.9. The lowest BCUT2D eigenvalue weighted by molar-refractivity contribution is -0.111. The first-order valence-electron chi connectivity index (χ1n) is 9.35. The van der Waals surface area contributed by atoms with Gasteiger partial charge >= 0.3 is 0 Å². The first-order valence-corrected chi connectivity index (χ1v) is 9.73. The monoisotopic (exact) mass is 437 g/mol. The van der Waals surface area contributed by atoms with Crippen molar-refractivity contribution in [1.29, 1.82) is 0 Å². The van der Waals surface area contributed by atoms with Gasteiger partial charge in [-0.25, -0.2) is 8.78 Å². The number of rotatable bonds is 7.